The summed E-state index contributed by atoms with van der Waals surface area (Å²) in [5, 5.41) is 11.2. The molecule has 1 unspecified atom stereocenters. The van der Waals surface area contributed by atoms with Crippen molar-refractivity contribution in [3.63, 3.8) is 0 Å². The summed E-state index contributed by atoms with van der Waals surface area (Å²) >= 11 is 1.19. The normalized spacial score (nSPS) is 12.5. The number of amides is 1. The molecular weight excluding hydrogens is 226 g/mol. The fourth-order valence-electron chi connectivity index (χ4n) is 1.17. The second kappa shape index (κ2) is 8.44. The van der Waals surface area contributed by atoms with Crippen molar-refractivity contribution in [3.8, 4) is 0 Å². The van der Waals surface area contributed by atoms with E-state index in [4.69, 9.17) is 5.11 Å². The molecule has 1 atom stereocenters. The van der Waals surface area contributed by atoms with Crippen molar-refractivity contribution in [1.82, 2.24) is 5.32 Å². The Kier molecular flexibility index (Phi) is 8.07. The Bertz CT molecular complexity index is 231. The van der Waals surface area contributed by atoms with Gasteiger partial charge in [0.15, 0.2) is 0 Å². The average molecular weight is 247 g/mol. The van der Waals surface area contributed by atoms with E-state index in [1.807, 2.05) is 13.8 Å². The first kappa shape index (κ1) is 15.3. The quantitative estimate of drug-likeness (QED) is 0.641. The van der Waals surface area contributed by atoms with Crippen LogP contribution in [0.15, 0.2) is 0 Å². The smallest absolute Gasteiger partial charge is 0.316 e. The molecule has 0 fully saturated rings. The zero-order valence-corrected chi connectivity index (χ0v) is 11.0. The van der Waals surface area contributed by atoms with E-state index in [9.17, 15) is 9.59 Å². The monoisotopic (exact) mass is 247 g/mol. The van der Waals surface area contributed by atoms with E-state index in [2.05, 4.69) is 12.2 Å². The second-order valence-corrected chi connectivity index (χ2v) is 5.15. The molecule has 2 N–H and O–H groups in total. The molecule has 0 saturated heterocycles. The number of hydrogen-bond acceptors (Lipinski definition) is 3. The maximum atomic E-state index is 11.3. The van der Waals surface area contributed by atoms with Gasteiger partial charge in [-0.2, -0.15) is 0 Å². The van der Waals surface area contributed by atoms with Crippen LogP contribution < -0.4 is 5.32 Å². The minimum Gasteiger partial charge on any atom is -0.480 e. The number of rotatable bonds is 8. The number of hydrogen-bond donors (Lipinski definition) is 2. The van der Waals surface area contributed by atoms with Crippen LogP contribution in [0.5, 0.6) is 0 Å². The molecule has 0 heterocycles. The van der Waals surface area contributed by atoms with E-state index >= 15 is 0 Å². The standard InChI is InChI=1S/C11H21NO3S/c1-4-5-6-12-9(13)7-16-10(8(2)3)11(14)15/h8,10H,4-7H2,1-3H3,(H,12,13)(H,14,15). The summed E-state index contributed by atoms with van der Waals surface area (Å²) in [6.07, 6.45) is 2.00. The Balaban J connectivity index is 3.83. The average Bonchev–Trinajstić information content (AvgIpc) is 2.17. The van der Waals surface area contributed by atoms with Crippen molar-refractivity contribution < 1.29 is 14.7 Å². The third-order valence-corrected chi connectivity index (χ3v) is 3.63. The summed E-state index contributed by atoms with van der Waals surface area (Å²) in [7, 11) is 0. The van der Waals surface area contributed by atoms with Crippen molar-refractivity contribution in [1.29, 1.82) is 0 Å². The lowest BCUT2D eigenvalue weighted by molar-refractivity contribution is -0.137. The van der Waals surface area contributed by atoms with E-state index in [1.54, 1.807) is 0 Å². The van der Waals surface area contributed by atoms with E-state index in [-0.39, 0.29) is 17.6 Å². The third-order valence-electron chi connectivity index (χ3n) is 2.10. The number of carboxylic acids is 1. The Morgan fingerprint density at radius 3 is 2.44 bits per heavy atom. The van der Waals surface area contributed by atoms with E-state index in [0.717, 1.165) is 12.8 Å². The highest BCUT2D eigenvalue weighted by Crippen LogP contribution is 2.19. The maximum Gasteiger partial charge on any atom is 0.316 e. The van der Waals surface area contributed by atoms with Crippen LogP contribution in [0.1, 0.15) is 33.6 Å². The van der Waals surface area contributed by atoms with E-state index in [0.29, 0.717) is 6.54 Å². The van der Waals surface area contributed by atoms with Crippen LogP contribution in [0.25, 0.3) is 0 Å². The molecule has 94 valence electrons. The molecule has 0 bridgehead atoms. The first-order valence-corrected chi connectivity index (χ1v) is 6.65. The van der Waals surface area contributed by atoms with Crippen molar-refractivity contribution >= 4 is 23.6 Å². The van der Waals surface area contributed by atoms with Crippen LogP contribution in [0.2, 0.25) is 0 Å². The van der Waals surface area contributed by atoms with E-state index in [1.165, 1.54) is 11.8 Å². The topological polar surface area (TPSA) is 66.4 Å². The summed E-state index contributed by atoms with van der Waals surface area (Å²) < 4.78 is 0. The molecule has 0 aromatic heterocycles. The summed E-state index contributed by atoms with van der Waals surface area (Å²) in [5.74, 6) is -0.670. The van der Waals surface area contributed by atoms with Gasteiger partial charge >= 0.3 is 5.97 Å². The molecule has 1 amide bonds. The van der Waals surface area contributed by atoms with Crippen molar-refractivity contribution in [3.05, 3.63) is 0 Å². The largest absolute Gasteiger partial charge is 0.480 e. The fraction of sp³-hybridized carbons (Fsp3) is 0.818. The second-order valence-electron chi connectivity index (χ2n) is 4.02. The highest BCUT2D eigenvalue weighted by atomic mass is 32.2. The van der Waals surface area contributed by atoms with Crippen LogP contribution >= 0.6 is 11.8 Å². The van der Waals surface area contributed by atoms with Gasteiger partial charge < -0.3 is 10.4 Å². The number of carbonyl (C=O) groups is 2. The Morgan fingerprint density at radius 1 is 1.38 bits per heavy atom. The number of aliphatic carboxylic acids is 1. The summed E-state index contributed by atoms with van der Waals surface area (Å²) in [5.41, 5.74) is 0. The molecule has 0 aliphatic carbocycles. The summed E-state index contributed by atoms with van der Waals surface area (Å²) in [6, 6.07) is 0. The molecule has 16 heavy (non-hydrogen) atoms. The molecule has 4 nitrogen and oxygen atoms in total. The fourth-order valence-corrected chi connectivity index (χ4v) is 2.13. The molecule has 5 heteroatoms. The first-order valence-electron chi connectivity index (χ1n) is 5.60. The van der Waals surface area contributed by atoms with Crippen LogP contribution in [0, 0.1) is 5.92 Å². The SMILES string of the molecule is CCCCNC(=O)CSC(C(=O)O)C(C)C. The zero-order valence-electron chi connectivity index (χ0n) is 10.2. The predicted molar refractivity (Wildman–Crippen MR) is 66.6 cm³/mol. The molecule has 0 radical (unpaired) electrons. The van der Waals surface area contributed by atoms with Gasteiger partial charge in [0.1, 0.15) is 5.25 Å². The highest BCUT2D eigenvalue weighted by Gasteiger charge is 2.22. The highest BCUT2D eigenvalue weighted by molar-refractivity contribution is 8.01. The van der Waals surface area contributed by atoms with Gasteiger partial charge in [0, 0.05) is 6.54 Å². The van der Waals surface area contributed by atoms with Crippen molar-refractivity contribution in [2.24, 2.45) is 5.92 Å². The minimum absolute atomic E-state index is 0.0333. The van der Waals surface area contributed by atoms with Crippen LogP contribution in [-0.2, 0) is 9.59 Å². The summed E-state index contributed by atoms with van der Waals surface area (Å²) in [6.45, 7) is 6.43. The van der Waals surface area contributed by atoms with Crippen LogP contribution in [-0.4, -0.2) is 34.5 Å². The molecule has 0 aromatic carbocycles. The van der Waals surface area contributed by atoms with Gasteiger partial charge in [0.2, 0.25) is 5.91 Å². The van der Waals surface area contributed by atoms with Gasteiger partial charge in [-0.15, -0.1) is 11.8 Å². The number of carbonyl (C=O) groups excluding carboxylic acids is 1. The molecule has 0 spiro atoms. The maximum absolute atomic E-state index is 11.3. The predicted octanol–water partition coefficient (Wildman–Crippen LogP) is 1.75. The van der Waals surface area contributed by atoms with E-state index < -0.39 is 11.2 Å². The van der Waals surface area contributed by atoms with Crippen molar-refractivity contribution in [2.45, 2.75) is 38.9 Å². The number of carboxylic acid groups (broad SMARTS) is 1. The Morgan fingerprint density at radius 2 is 2.00 bits per heavy atom. The first-order chi connectivity index (χ1) is 7.49. The van der Waals surface area contributed by atoms with Crippen LogP contribution in [0.4, 0.5) is 0 Å². The van der Waals surface area contributed by atoms with Gasteiger partial charge in [-0.05, 0) is 12.3 Å². The number of thioether (sulfide) groups is 1. The molecule has 0 rings (SSSR count). The number of nitrogens with one attached hydrogen (secondary N) is 1. The van der Waals surface area contributed by atoms with Crippen molar-refractivity contribution in [2.75, 3.05) is 12.3 Å². The van der Waals surface area contributed by atoms with Crippen LogP contribution in [0.3, 0.4) is 0 Å². The molecule has 0 saturated carbocycles. The molecule has 0 aliphatic rings. The van der Waals surface area contributed by atoms with Gasteiger partial charge in [0.25, 0.3) is 0 Å². The third kappa shape index (κ3) is 6.71. The molecule has 0 aromatic rings. The lowest BCUT2D eigenvalue weighted by Crippen LogP contribution is -2.29. The number of unbranched alkanes of at least 4 members (excludes halogenated alkanes) is 1. The lowest BCUT2D eigenvalue weighted by Gasteiger charge is -2.15. The summed E-state index contributed by atoms with van der Waals surface area (Å²) in [4.78, 5) is 22.2. The van der Waals surface area contributed by atoms with Gasteiger partial charge in [-0.25, -0.2) is 0 Å². The molecule has 0 aliphatic heterocycles. The van der Waals surface area contributed by atoms with Gasteiger partial charge in [-0.1, -0.05) is 27.2 Å². The zero-order chi connectivity index (χ0) is 12.6. The lowest BCUT2D eigenvalue weighted by atomic mass is 10.1. The molecular formula is C11H21NO3S. The van der Waals surface area contributed by atoms with Gasteiger partial charge in [0.05, 0.1) is 5.75 Å². The minimum atomic E-state index is -0.846. The Labute approximate surface area is 101 Å². The Hall–Kier alpha value is -0.710. The van der Waals surface area contributed by atoms with Gasteiger partial charge in [-0.3, -0.25) is 9.59 Å².